The van der Waals surface area contributed by atoms with Crippen molar-refractivity contribution in [3.8, 4) is 5.75 Å². The molecule has 0 saturated heterocycles. The Morgan fingerprint density at radius 2 is 2.24 bits per heavy atom. The second-order valence-electron chi connectivity index (χ2n) is 4.39. The maximum Gasteiger partial charge on any atom is 0.192 e. The Kier molecular flexibility index (Phi) is 4.75. The summed E-state index contributed by atoms with van der Waals surface area (Å²) in [6, 6.07) is 3.52. The molecular formula is C12H19N3O2. The Bertz CT molecular complexity index is 391. The van der Waals surface area contributed by atoms with Gasteiger partial charge in [-0.3, -0.25) is 0 Å². The maximum atomic E-state index is 8.66. The van der Waals surface area contributed by atoms with Gasteiger partial charge in [-0.1, -0.05) is 19.0 Å². The molecule has 5 heteroatoms. The normalized spacial score (nSPS) is 13.8. The Balaban J connectivity index is 2.84. The van der Waals surface area contributed by atoms with Gasteiger partial charge >= 0.3 is 0 Å². The van der Waals surface area contributed by atoms with E-state index in [-0.39, 0.29) is 11.9 Å². The lowest BCUT2D eigenvalue weighted by Gasteiger charge is -2.17. The van der Waals surface area contributed by atoms with Gasteiger partial charge in [0.25, 0.3) is 0 Å². The first-order valence-electron chi connectivity index (χ1n) is 5.64. The number of pyridine rings is 1. The lowest BCUT2D eigenvalue weighted by atomic mass is 10.1. The van der Waals surface area contributed by atoms with Gasteiger partial charge in [0.05, 0.1) is 6.10 Å². The summed E-state index contributed by atoms with van der Waals surface area (Å²) >= 11 is 0. The van der Waals surface area contributed by atoms with E-state index in [1.165, 1.54) is 0 Å². The first kappa shape index (κ1) is 13.3. The minimum absolute atomic E-state index is 0.0441. The van der Waals surface area contributed by atoms with E-state index in [2.05, 4.69) is 24.0 Å². The Labute approximate surface area is 101 Å². The molecule has 0 fully saturated rings. The van der Waals surface area contributed by atoms with Crippen molar-refractivity contribution in [3.05, 3.63) is 24.0 Å². The highest BCUT2D eigenvalue weighted by Gasteiger charge is 2.13. The molecule has 5 nitrogen and oxygen atoms in total. The SMILES string of the molecule is CC(C)CC(C)Oc1cccnc1/C(N)=N/O. The summed E-state index contributed by atoms with van der Waals surface area (Å²) in [7, 11) is 0. The van der Waals surface area contributed by atoms with Gasteiger partial charge in [-0.25, -0.2) is 4.98 Å². The van der Waals surface area contributed by atoms with Gasteiger partial charge in [0.15, 0.2) is 11.5 Å². The quantitative estimate of drug-likeness (QED) is 0.355. The second kappa shape index (κ2) is 6.08. The summed E-state index contributed by atoms with van der Waals surface area (Å²) < 4.78 is 5.74. The van der Waals surface area contributed by atoms with Crippen molar-refractivity contribution in [1.29, 1.82) is 0 Å². The number of amidine groups is 1. The monoisotopic (exact) mass is 237 g/mol. The smallest absolute Gasteiger partial charge is 0.192 e. The predicted octanol–water partition coefficient (Wildman–Crippen LogP) is 1.99. The van der Waals surface area contributed by atoms with Gasteiger partial charge in [0.1, 0.15) is 5.75 Å². The van der Waals surface area contributed by atoms with E-state index in [0.29, 0.717) is 17.4 Å². The average molecular weight is 237 g/mol. The van der Waals surface area contributed by atoms with Crippen LogP contribution in [-0.4, -0.2) is 22.1 Å². The van der Waals surface area contributed by atoms with Crippen LogP contribution in [0.3, 0.4) is 0 Å². The fourth-order valence-corrected chi connectivity index (χ4v) is 1.65. The number of rotatable bonds is 5. The lowest BCUT2D eigenvalue weighted by molar-refractivity contribution is 0.192. The molecule has 1 rings (SSSR count). The van der Waals surface area contributed by atoms with Crippen LogP contribution in [0, 0.1) is 5.92 Å². The van der Waals surface area contributed by atoms with E-state index in [0.717, 1.165) is 6.42 Å². The maximum absolute atomic E-state index is 8.66. The molecule has 0 spiro atoms. The number of nitrogens with two attached hydrogens (primary N) is 1. The van der Waals surface area contributed by atoms with Gasteiger partial charge in [-0.2, -0.15) is 0 Å². The predicted molar refractivity (Wildman–Crippen MR) is 66.3 cm³/mol. The zero-order chi connectivity index (χ0) is 12.8. The molecule has 17 heavy (non-hydrogen) atoms. The topological polar surface area (TPSA) is 80.7 Å². The fourth-order valence-electron chi connectivity index (χ4n) is 1.65. The second-order valence-corrected chi connectivity index (χ2v) is 4.39. The van der Waals surface area contributed by atoms with Crippen LogP contribution in [0.1, 0.15) is 32.9 Å². The summed E-state index contributed by atoms with van der Waals surface area (Å²) in [5.41, 5.74) is 5.90. The highest BCUT2D eigenvalue weighted by Crippen LogP contribution is 2.19. The standard InChI is InChI=1S/C12H19N3O2/c1-8(2)7-9(3)17-10-5-4-6-14-11(10)12(13)15-16/h4-6,8-9,16H,7H2,1-3H3,(H2,13,15). The summed E-state index contributed by atoms with van der Waals surface area (Å²) in [6.07, 6.45) is 2.57. The minimum atomic E-state index is -0.0441. The molecule has 0 aliphatic heterocycles. The Morgan fingerprint density at radius 3 is 2.82 bits per heavy atom. The lowest BCUT2D eigenvalue weighted by Crippen LogP contribution is -2.20. The molecule has 0 amide bonds. The van der Waals surface area contributed by atoms with Crippen molar-refractivity contribution in [2.24, 2.45) is 16.8 Å². The third-order valence-electron chi connectivity index (χ3n) is 2.25. The van der Waals surface area contributed by atoms with Gasteiger partial charge < -0.3 is 15.7 Å². The van der Waals surface area contributed by atoms with Crippen molar-refractivity contribution in [2.75, 3.05) is 0 Å². The summed E-state index contributed by atoms with van der Waals surface area (Å²) in [5.74, 6) is 1.04. The molecule has 1 aromatic heterocycles. The third-order valence-corrected chi connectivity index (χ3v) is 2.25. The Morgan fingerprint density at radius 1 is 1.53 bits per heavy atom. The van der Waals surface area contributed by atoms with Crippen molar-refractivity contribution in [1.82, 2.24) is 4.98 Å². The van der Waals surface area contributed by atoms with Crippen LogP contribution in [0.4, 0.5) is 0 Å². The molecule has 0 saturated carbocycles. The highest BCUT2D eigenvalue weighted by molar-refractivity contribution is 5.97. The van der Waals surface area contributed by atoms with E-state index >= 15 is 0 Å². The first-order valence-corrected chi connectivity index (χ1v) is 5.64. The molecule has 3 N–H and O–H groups in total. The van der Waals surface area contributed by atoms with Crippen LogP contribution in [0.15, 0.2) is 23.5 Å². The molecule has 1 aromatic rings. The number of nitrogens with zero attached hydrogens (tertiary/aromatic N) is 2. The van der Waals surface area contributed by atoms with E-state index in [1.54, 1.807) is 18.3 Å². The molecule has 1 unspecified atom stereocenters. The fraction of sp³-hybridized carbons (Fsp3) is 0.500. The van der Waals surface area contributed by atoms with Crippen molar-refractivity contribution < 1.29 is 9.94 Å². The molecule has 0 aromatic carbocycles. The zero-order valence-electron chi connectivity index (χ0n) is 10.4. The van der Waals surface area contributed by atoms with Gasteiger partial charge in [-0.15, -0.1) is 0 Å². The third kappa shape index (κ3) is 3.94. The molecule has 0 aliphatic carbocycles. The van der Waals surface area contributed by atoms with E-state index in [9.17, 15) is 0 Å². The van der Waals surface area contributed by atoms with Crippen LogP contribution in [0.25, 0.3) is 0 Å². The average Bonchev–Trinajstić information content (AvgIpc) is 2.27. The number of hydrogen-bond donors (Lipinski definition) is 2. The molecular weight excluding hydrogens is 218 g/mol. The molecule has 0 aliphatic rings. The minimum Gasteiger partial charge on any atom is -0.488 e. The molecule has 0 radical (unpaired) electrons. The van der Waals surface area contributed by atoms with Crippen molar-refractivity contribution in [3.63, 3.8) is 0 Å². The molecule has 1 atom stereocenters. The van der Waals surface area contributed by atoms with Crippen LogP contribution in [0.2, 0.25) is 0 Å². The summed E-state index contributed by atoms with van der Waals surface area (Å²) in [5, 5.41) is 11.6. The van der Waals surface area contributed by atoms with Crippen LogP contribution < -0.4 is 10.5 Å². The van der Waals surface area contributed by atoms with Gasteiger partial charge in [0, 0.05) is 6.20 Å². The van der Waals surface area contributed by atoms with Crippen molar-refractivity contribution >= 4 is 5.84 Å². The summed E-state index contributed by atoms with van der Waals surface area (Å²) in [6.45, 7) is 6.25. The van der Waals surface area contributed by atoms with Gasteiger partial charge in [-0.05, 0) is 31.4 Å². The molecule has 94 valence electrons. The number of ether oxygens (including phenoxy) is 1. The van der Waals surface area contributed by atoms with Crippen LogP contribution in [0.5, 0.6) is 5.75 Å². The highest BCUT2D eigenvalue weighted by atomic mass is 16.5. The number of oxime groups is 1. The van der Waals surface area contributed by atoms with Crippen LogP contribution in [-0.2, 0) is 0 Å². The zero-order valence-corrected chi connectivity index (χ0v) is 10.4. The number of aromatic nitrogens is 1. The number of hydrogen-bond acceptors (Lipinski definition) is 4. The van der Waals surface area contributed by atoms with E-state index in [1.807, 2.05) is 6.92 Å². The molecule has 0 bridgehead atoms. The summed E-state index contributed by atoms with van der Waals surface area (Å²) in [4.78, 5) is 4.04. The van der Waals surface area contributed by atoms with Gasteiger partial charge in [0.2, 0.25) is 0 Å². The molecule has 1 heterocycles. The Hall–Kier alpha value is -1.78. The van der Waals surface area contributed by atoms with E-state index < -0.39 is 0 Å². The van der Waals surface area contributed by atoms with Crippen LogP contribution >= 0.6 is 0 Å². The first-order chi connectivity index (χ1) is 8.04. The van der Waals surface area contributed by atoms with E-state index in [4.69, 9.17) is 15.7 Å². The van der Waals surface area contributed by atoms with Crippen molar-refractivity contribution in [2.45, 2.75) is 33.3 Å². The largest absolute Gasteiger partial charge is 0.488 e.